The quantitative estimate of drug-likeness (QED) is 0.361. The van der Waals surface area contributed by atoms with E-state index in [1.165, 1.54) is 25.7 Å². The van der Waals surface area contributed by atoms with Crippen molar-refractivity contribution in [3.05, 3.63) is 53.0 Å². The summed E-state index contributed by atoms with van der Waals surface area (Å²) < 4.78 is 6.30. The number of nitrogens with one attached hydrogen (secondary N) is 1. The summed E-state index contributed by atoms with van der Waals surface area (Å²) in [5.41, 5.74) is 1.83. The highest BCUT2D eigenvalue weighted by Gasteiger charge is 2.32. The molecule has 1 aromatic heterocycles. The van der Waals surface area contributed by atoms with Gasteiger partial charge in [0.1, 0.15) is 11.6 Å². The molecule has 0 bridgehead atoms. The topological polar surface area (TPSA) is 54.5 Å². The van der Waals surface area contributed by atoms with Crippen LogP contribution in [0.1, 0.15) is 64.2 Å². The Labute approximate surface area is 216 Å². The fourth-order valence-electron chi connectivity index (χ4n) is 5.60. The van der Waals surface area contributed by atoms with Crippen molar-refractivity contribution in [2.24, 2.45) is 0 Å². The van der Waals surface area contributed by atoms with E-state index in [9.17, 15) is 4.79 Å². The first-order chi connectivity index (χ1) is 17.2. The predicted molar refractivity (Wildman–Crippen MR) is 146 cm³/mol. The lowest BCUT2D eigenvalue weighted by Gasteiger charge is -2.36. The van der Waals surface area contributed by atoms with Gasteiger partial charge in [0.2, 0.25) is 0 Å². The van der Waals surface area contributed by atoms with Gasteiger partial charge in [-0.1, -0.05) is 62.8 Å². The van der Waals surface area contributed by atoms with Crippen LogP contribution in [0.4, 0.5) is 10.6 Å². The third-order valence-corrected chi connectivity index (χ3v) is 8.32. The first kappa shape index (κ1) is 24.1. The van der Waals surface area contributed by atoms with Crippen molar-refractivity contribution in [3.8, 4) is 17.0 Å². The number of methoxy groups -OCH3 is 1. The molecule has 1 heterocycles. The molecule has 5 rings (SSSR count). The maximum Gasteiger partial charge on any atom is 0.323 e. The van der Waals surface area contributed by atoms with Crippen molar-refractivity contribution in [2.75, 3.05) is 12.0 Å². The van der Waals surface area contributed by atoms with Crippen LogP contribution in [0.3, 0.4) is 0 Å². The number of carbonyl (C=O) groups is 1. The zero-order valence-corrected chi connectivity index (χ0v) is 22.0. The van der Waals surface area contributed by atoms with E-state index in [4.69, 9.17) is 9.72 Å². The number of rotatable bonds is 5. The van der Waals surface area contributed by atoms with Crippen LogP contribution < -0.4 is 15.0 Å². The first-order valence-electron chi connectivity index (χ1n) is 13.0. The molecule has 6 heteroatoms. The van der Waals surface area contributed by atoms with Gasteiger partial charge in [-0.3, -0.25) is 4.90 Å². The van der Waals surface area contributed by atoms with Crippen LogP contribution in [0.15, 0.2) is 53.0 Å². The Kier molecular flexibility index (Phi) is 7.57. The molecule has 184 valence electrons. The second kappa shape index (κ2) is 11.0. The zero-order valence-electron chi connectivity index (χ0n) is 20.4. The van der Waals surface area contributed by atoms with E-state index in [1.54, 1.807) is 7.11 Å². The van der Waals surface area contributed by atoms with Crippen molar-refractivity contribution >= 4 is 38.6 Å². The number of fused-ring (bicyclic) bond motifs is 1. The zero-order chi connectivity index (χ0) is 24.2. The van der Waals surface area contributed by atoms with Crippen molar-refractivity contribution in [2.45, 2.75) is 76.3 Å². The molecule has 0 saturated heterocycles. The van der Waals surface area contributed by atoms with Crippen LogP contribution >= 0.6 is 15.9 Å². The summed E-state index contributed by atoms with van der Waals surface area (Å²) in [5, 5.41) is 5.45. The molecule has 2 aromatic carbocycles. The van der Waals surface area contributed by atoms with Crippen LogP contribution in [0.2, 0.25) is 0 Å². The SMILES string of the molecule is COc1ccc(-c2nc(N(C(=O)NC3CCCCC3)C3CCCCC3)c3ccccc3c2Br)cc1. The van der Waals surface area contributed by atoms with Crippen LogP contribution in [-0.4, -0.2) is 30.2 Å². The van der Waals surface area contributed by atoms with Crippen LogP contribution in [0.5, 0.6) is 5.75 Å². The average molecular weight is 537 g/mol. The molecule has 35 heavy (non-hydrogen) atoms. The molecule has 0 aliphatic heterocycles. The number of hydrogen-bond acceptors (Lipinski definition) is 3. The standard InChI is InChI=1S/C29H34BrN3O2/c1-35-23-18-16-20(17-19-23)27-26(30)24-14-8-9-15-25(24)28(32-27)33(22-12-6-3-7-13-22)29(34)31-21-10-4-2-5-11-21/h8-9,14-19,21-22H,2-7,10-13H2,1H3,(H,31,34). The van der Waals surface area contributed by atoms with Gasteiger partial charge in [-0.05, 0) is 65.9 Å². The molecule has 0 spiro atoms. The molecule has 0 unspecified atom stereocenters. The largest absolute Gasteiger partial charge is 0.497 e. The van der Waals surface area contributed by atoms with E-state index < -0.39 is 0 Å². The number of aromatic nitrogens is 1. The van der Waals surface area contributed by atoms with Crippen molar-refractivity contribution in [1.82, 2.24) is 10.3 Å². The van der Waals surface area contributed by atoms with Crippen LogP contribution in [-0.2, 0) is 0 Å². The second-order valence-corrected chi connectivity index (χ2v) is 10.6. The highest BCUT2D eigenvalue weighted by molar-refractivity contribution is 9.10. The monoisotopic (exact) mass is 535 g/mol. The molecule has 2 aliphatic carbocycles. The highest BCUT2D eigenvalue weighted by atomic mass is 79.9. The minimum atomic E-state index is 0.00413. The van der Waals surface area contributed by atoms with Gasteiger partial charge in [-0.2, -0.15) is 0 Å². The fourth-order valence-corrected chi connectivity index (χ4v) is 6.26. The summed E-state index contributed by atoms with van der Waals surface area (Å²) in [6, 6.07) is 16.6. The Morgan fingerprint density at radius 2 is 1.54 bits per heavy atom. The lowest BCUT2D eigenvalue weighted by atomic mass is 9.93. The number of hydrogen-bond donors (Lipinski definition) is 1. The normalized spacial score (nSPS) is 17.3. The Morgan fingerprint density at radius 3 is 2.20 bits per heavy atom. The van der Waals surface area contributed by atoms with E-state index in [2.05, 4.69) is 33.4 Å². The number of pyridine rings is 1. The van der Waals surface area contributed by atoms with E-state index in [1.807, 2.05) is 41.3 Å². The van der Waals surface area contributed by atoms with Gasteiger partial charge in [0.05, 0.1) is 17.3 Å². The van der Waals surface area contributed by atoms with Crippen LogP contribution in [0, 0.1) is 0 Å². The lowest BCUT2D eigenvalue weighted by molar-refractivity contribution is 0.233. The molecule has 2 amide bonds. The average Bonchev–Trinajstić information content (AvgIpc) is 2.91. The Bertz CT molecular complexity index is 1170. The van der Waals surface area contributed by atoms with E-state index >= 15 is 0 Å². The number of urea groups is 1. The molecule has 0 atom stereocenters. The van der Waals surface area contributed by atoms with Gasteiger partial charge in [0.15, 0.2) is 0 Å². The van der Waals surface area contributed by atoms with Gasteiger partial charge in [-0.25, -0.2) is 9.78 Å². The highest BCUT2D eigenvalue weighted by Crippen LogP contribution is 2.40. The smallest absolute Gasteiger partial charge is 0.323 e. The number of carbonyl (C=O) groups excluding carboxylic acids is 1. The number of nitrogens with zero attached hydrogens (tertiary/aromatic N) is 2. The number of amides is 2. The molecule has 2 saturated carbocycles. The molecule has 3 aromatic rings. The minimum absolute atomic E-state index is 0.00413. The van der Waals surface area contributed by atoms with E-state index in [-0.39, 0.29) is 18.1 Å². The minimum Gasteiger partial charge on any atom is -0.497 e. The third-order valence-electron chi connectivity index (χ3n) is 7.51. The molecule has 5 nitrogen and oxygen atoms in total. The van der Waals surface area contributed by atoms with Gasteiger partial charge in [0, 0.05) is 28.4 Å². The molecular formula is C29H34BrN3O2. The maximum atomic E-state index is 13.9. The molecule has 2 aliphatic rings. The number of ether oxygens (including phenoxy) is 1. The molecule has 2 fully saturated rings. The Balaban J connectivity index is 1.62. The van der Waals surface area contributed by atoms with E-state index in [0.717, 1.165) is 76.6 Å². The number of benzene rings is 2. The van der Waals surface area contributed by atoms with Crippen molar-refractivity contribution in [3.63, 3.8) is 0 Å². The van der Waals surface area contributed by atoms with Gasteiger partial charge in [-0.15, -0.1) is 0 Å². The molecule has 0 radical (unpaired) electrons. The Morgan fingerprint density at radius 1 is 0.914 bits per heavy atom. The van der Waals surface area contributed by atoms with E-state index in [0.29, 0.717) is 0 Å². The predicted octanol–water partition coefficient (Wildman–Crippen LogP) is 7.85. The third kappa shape index (κ3) is 5.18. The molecule has 1 N–H and O–H groups in total. The second-order valence-electron chi connectivity index (χ2n) is 9.82. The lowest BCUT2D eigenvalue weighted by Crippen LogP contribution is -2.51. The molecular weight excluding hydrogens is 502 g/mol. The summed E-state index contributed by atoms with van der Waals surface area (Å²) in [4.78, 5) is 21.1. The summed E-state index contributed by atoms with van der Waals surface area (Å²) in [7, 11) is 1.67. The van der Waals surface area contributed by atoms with Crippen molar-refractivity contribution < 1.29 is 9.53 Å². The summed E-state index contributed by atoms with van der Waals surface area (Å²) >= 11 is 3.84. The summed E-state index contributed by atoms with van der Waals surface area (Å²) in [5.74, 6) is 1.57. The van der Waals surface area contributed by atoms with Gasteiger partial charge < -0.3 is 10.1 Å². The Hall–Kier alpha value is -2.60. The summed E-state index contributed by atoms with van der Waals surface area (Å²) in [6.45, 7) is 0. The van der Waals surface area contributed by atoms with Crippen LogP contribution in [0.25, 0.3) is 22.0 Å². The van der Waals surface area contributed by atoms with Gasteiger partial charge >= 0.3 is 6.03 Å². The van der Waals surface area contributed by atoms with Gasteiger partial charge in [0.25, 0.3) is 0 Å². The number of halogens is 1. The summed E-state index contributed by atoms with van der Waals surface area (Å²) in [6.07, 6.45) is 11.3. The number of anilines is 1. The van der Waals surface area contributed by atoms with Crippen molar-refractivity contribution in [1.29, 1.82) is 0 Å². The first-order valence-corrected chi connectivity index (χ1v) is 13.8. The maximum absolute atomic E-state index is 13.9. The fraction of sp³-hybridized carbons (Fsp3) is 0.448.